The SMILES string of the molecule is CNC(C)c1c(F)cccc1Sc1cnccn1. The van der Waals surface area contributed by atoms with Crippen molar-refractivity contribution in [2.24, 2.45) is 0 Å². The van der Waals surface area contributed by atoms with Crippen molar-refractivity contribution in [3.05, 3.63) is 48.2 Å². The summed E-state index contributed by atoms with van der Waals surface area (Å²) in [5, 5.41) is 3.82. The maximum absolute atomic E-state index is 13.9. The number of hydrogen-bond acceptors (Lipinski definition) is 4. The fourth-order valence-electron chi connectivity index (χ4n) is 1.62. The third-order valence-electron chi connectivity index (χ3n) is 2.63. The summed E-state index contributed by atoms with van der Waals surface area (Å²) < 4.78 is 13.9. The second-order valence-corrected chi connectivity index (χ2v) is 4.87. The summed E-state index contributed by atoms with van der Waals surface area (Å²) in [5.74, 6) is -0.203. The Morgan fingerprint density at radius 1 is 1.33 bits per heavy atom. The second kappa shape index (κ2) is 5.93. The lowest BCUT2D eigenvalue weighted by molar-refractivity contribution is 0.552. The summed E-state index contributed by atoms with van der Waals surface area (Å²) >= 11 is 1.42. The van der Waals surface area contributed by atoms with E-state index in [1.165, 1.54) is 17.8 Å². The first kappa shape index (κ1) is 13.0. The van der Waals surface area contributed by atoms with Crippen LogP contribution in [0.1, 0.15) is 18.5 Å². The van der Waals surface area contributed by atoms with Gasteiger partial charge in [-0.2, -0.15) is 0 Å². The minimum atomic E-state index is -0.203. The van der Waals surface area contributed by atoms with Gasteiger partial charge in [-0.1, -0.05) is 17.8 Å². The molecule has 0 radical (unpaired) electrons. The van der Waals surface area contributed by atoms with E-state index in [4.69, 9.17) is 0 Å². The molecule has 0 bridgehead atoms. The van der Waals surface area contributed by atoms with E-state index in [9.17, 15) is 4.39 Å². The summed E-state index contributed by atoms with van der Waals surface area (Å²) in [5.41, 5.74) is 0.663. The minimum absolute atomic E-state index is 0.0506. The van der Waals surface area contributed by atoms with Gasteiger partial charge in [-0.25, -0.2) is 9.37 Å². The van der Waals surface area contributed by atoms with Crippen LogP contribution in [0.2, 0.25) is 0 Å². The number of rotatable bonds is 4. The standard InChI is InChI=1S/C13H14FN3S/c1-9(15-2)13-10(14)4-3-5-11(13)18-12-8-16-6-7-17-12/h3-9,15H,1-2H3. The summed E-state index contributed by atoms with van der Waals surface area (Å²) in [6, 6.07) is 5.03. The maximum Gasteiger partial charge on any atom is 0.129 e. The highest BCUT2D eigenvalue weighted by molar-refractivity contribution is 7.99. The average molecular weight is 263 g/mol. The van der Waals surface area contributed by atoms with Gasteiger partial charge in [-0.3, -0.25) is 4.98 Å². The summed E-state index contributed by atoms with van der Waals surface area (Å²) in [6.45, 7) is 1.93. The topological polar surface area (TPSA) is 37.8 Å². The molecule has 0 fully saturated rings. The van der Waals surface area contributed by atoms with Gasteiger partial charge in [0, 0.05) is 28.9 Å². The van der Waals surface area contributed by atoms with Crippen molar-refractivity contribution in [2.75, 3.05) is 7.05 Å². The quantitative estimate of drug-likeness (QED) is 0.920. The molecule has 1 unspecified atom stereocenters. The number of halogens is 1. The van der Waals surface area contributed by atoms with E-state index < -0.39 is 0 Å². The Balaban J connectivity index is 2.36. The zero-order valence-corrected chi connectivity index (χ0v) is 11.0. The van der Waals surface area contributed by atoms with Crippen molar-refractivity contribution in [1.82, 2.24) is 15.3 Å². The van der Waals surface area contributed by atoms with E-state index in [0.717, 1.165) is 9.92 Å². The largest absolute Gasteiger partial charge is 0.313 e. The highest BCUT2D eigenvalue weighted by Gasteiger charge is 2.15. The molecule has 0 amide bonds. The van der Waals surface area contributed by atoms with Crippen LogP contribution < -0.4 is 5.32 Å². The van der Waals surface area contributed by atoms with E-state index in [0.29, 0.717) is 5.56 Å². The third kappa shape index (κ3) is 2.86. The molecular weight excluding hydrogens is 249 g/mol. The van der Waals surface area contributed by atoms with Crippen molar-refractivity contribution in [1.29, 1.82) is 0 Å². The van der Waals surface area contributed by atoms with Crippen molar-refractivity contribution in [3.8, 4) is 0 Å². The molecule has 0 aliphatic rings. The molecule has 0 spiro atoms. The number of nitrogens with one attached hydrogen (secondary N) is 1. The smallest absolute Gasteiger partial charge is 0.129 e. The Morgan fingerprint density at radius 2 is 2.17 bits per heavy atom. The fraction of sp³-hybridized carbons (Fsp3) is 0.231. The van der Waals surface area contributed by atoms with Crippen LogP contribution in [0.4, 0.5) is 4.39 Å². The Kier molecular flexibility index (Phi) is 4.28. The third-order valence-corrected chi connectivity index (χ3v) is 3.63. The van der Waals surface area contributed by atoms with Crippen molar-refractivity contribution < 1.29 is 4.39 Å². The van der Waals surface area contributed by atoms with Crippen molar-refractivity contribution in [3.63, 3.8) is 0 Å². The highest BCUT2D eigenvalue weighted by atomic mass is 32.2. The lowest BCUT2D eigenvalue weighted by Crippen LogP contribution is -2.14. The predicted octanol–water partition coefficient (Wildman–Crippen LogP) is 3.05. The molecule has 2 aromatic rings. The average Bonchev–Trinajstić information content (AvgIpc) is 2.39. The fourth-order valence-corrected chi connectivity index (χ4v) is 2.60. The first-order valence-corrected chi connectivity index (χ1v) is 6.43. The molecular formula is C13H14FN3S. The highest BCUT2D eigenvalue weighted by Crippen LogP contribution is 2.33. The van der Waals surface area contributed by atoms with Gasteiger partial charge in [0.25, 0.3) is 0 Å². The van der Waals surface area contributed by atoms with Gasteiger partial charge in [0.05, 0.1) is 6.20 Å². The summed E-state index contributed by atoms with van der Waals surface area (Å²) in [7, 11) is 1.81. The van der Waals surface area contributed by atoms with Crippen LogP contribution in [-0.2, 0) is 0 Å². The Morgan fingerprint density at radius 3 is 2.83 bits per heavy atom. The lowest BCUT2D eigenvalue weighted by atomic mass is 10.1. The van der Waals surface area contributed by atoms with Gasteiger partial charge in [-0.05, 0) is 26.1 Å². The number of benzene rings is 1. The predicted molar refractivity (Wildman–Crippen MR) is 70.0 cm³/mol. The molecule has 0 aliphatic carbocycles. The van der Waals surface area contributed by atoms with Gasteiger partial charge in [0.15, 0.2) is 0 Å². The lowest BCUT2D eigenvalue weighted by Gasteiger charge is -2.15. The van der Waals surface area contributed by atoms with Gasteiger partial charge in [0.2, 0.25) is 0 Å². The van der Waals surface area contributed by atoms with E-state index >= 15 is 0 Å². The molecule has 1 heterocycles. The van der Waals surface area contributed by atoms with Gasteiger partial charge >= 0.3 is 0 Å². The second-order valence-electron chi connectivity index (χ2n) is 3.81. The molecule has 1 N–H and O–H groups in total. The van der Waals surface area contributed by atoms with Crippen LogP contribution in [0.5, 0.6) is 0 Å². The Hall–Kier alpha value is -1.46. The first-order chi connectivity index (χ1) is 8.72. The van der Waals surface area contributed by atoms with E-state index in [1.54, 1.807) is 24.7 Å². The summed E-state index contributed by atoms with van der Waals surface area (Å²) in [6.07, 6.45) is 4.92. The minimum Gasteiger partial charge on any atom is -0.313 e. The zero-order valence-electron chi connectivity index (χ0n) is 10.2. The van der Waals surface area contributed by atoms with Crippen molar-refractivity contribution in [2.45, 2.75) is 22.9 Å². The first-order valence-electron chi connectivity index (χ1n) is 5.62. The molecule has 1 aromatic heterocycles. The molecule has 18 heavy (non-hydrogen) atoms. The molecule has 1 aromatic carbocycles. The van der Waals surface area contributed by atoms with Crippen LogP contribution in [-0.4, -0.2) is 17.0 Å². The number of hydrogen-bond donors (Lipinski definition) is 1. The molecule has 3 nitrogen and oxygen atoms in total. The monoisotopic (exact) mass is 263 g/mol. The van der Waals surface area contributed by atoms with Crippen LogP contribution in [0.15, 0.2) is 46.7 Å². The van der Waals surface area contributed by atoms with Gasteiger partial charge in [0.1, 0.15) is 10.8 Å². The van der Waals surface area contributed by atoms with Crippen LogP contribution in [0, 0.1) is 5.82 Å². The molecule has 0 aliphatic heterocycles. The Bertz CT molecular complexity index is 519. The van der Waals surface area contributed by atoms with E-state index in [2.05, 4.69) is 15.3 Å². The molecule has 1 atom stereocenters. The van der Waals surface area contributed by atoms with Gasteiger partial charge < -0.3 is 5.32 Å². The van der Waals surface area contributed by atoms with Crippen LogP contribution in [0.3, 0.4) is 0 Å². The molecule has 5 heteroatoms. The molecule has 2 rings (SSSR count). The normalized spacial score (nSPS) is 12.4. The van der Waals surface area contributed by atoms with Crippen LogP contribution in [0.25, 0.3) is 0 Å². The molecule has 94 valence electrons. The zero-order chi connectivity index (χ0) is 13.0. The molecule has 0 saturated heterocycles. The number of nitrogens with zero attached hydrogens (tertiary/aromatic N) is 2. The Labute approximate surface area is 110 Å². The van der Waals surface area contributed by atoms with E-state index in [1.807, 2.05) is 20.0 Å². The van der Waals surface area contributed by atoms with Crippen LogP contribution >= 0.6 is 11.8 Å². The van der Waals surface area contributed by atoms with Crippen molar-refractivity contribution >= 4 is 11.8 Å². The summed E-state index contributed by atoms with van der Waals surface area (Å²) in [4.78, 5) is 9.05. The van der Waals surface area contributed by atoms with E-state index in [-0.39, 0.29) is 11.9 Å². The van der Waals surface area contributed by atoms with Gasteiger partial charge in [-0.15, -0.1) is 0 Å². The molecule has 0 saturated carbocycles. The number of aromatic nitrogens is 2. The maximum atomic E-state index is 13.9.